The van der Waals surface area contributed by atoms with Crippen molar-refractivity contribution in [2.75, 3.05) is 59.3 Å². The van der Waals surface area contributed by atoms with E-state index in [1.54, 1.807) is 0 Å². The first kappa shape index (κ1) is 44.2. The van der Waals surface area contributed by atoms with Crippen LogP contribution in [0.25, 0.3) is 0 Å². The van der Waals surface area contributed by atoms with Gasteiger partial charge in [0.2, 0.25) is 0 Å². The number of hydrogen-bond acceptors (Lipinski definition) is 6. The topological polar surface area (TPSA) is 55.0 Å². The summed E-state index contributed by atoms with van der Waals surface area (Å²) in [5.41, 5.74) is 5.64. The van der Waals surface area contributed by atoms with Gasteiger partial charge in [0, 0.05) is 42.4 Å². The molecule has 0 bridgehead atoms. The number of rotatable bonds is 20. The molecule has 3 rings (SSSR count). The summed E-state index contributed by atoms with van der Waals surface area (Å²) in [6.07, 6.45) is 5.55. The molecule has 0 aromatic heterocycles. The number of ether oxygens (including phenoxy) is 3. The molecule has 2 N–H and O–H groups in total. The Labute approximate surface area is 319 Å². The molecule has 1 unspecified atom stereocenters. The first-order chi connectivity index (χ1) is 24.4. The van der Waals surface area contributed by atoms with E-state index in [9.17, 15) is 0 Å². The normalized spacial score (nSPS) is 15.8. The Bertz CT molecular complexity index is 1330. The Morgan fingerprint density at radius 1 is 0.769 bits per heavy atom. The molecule has 2 aromatic rings. The average molecular weight is 718 g/mol. The summed E-state index contributed by atoms with van der Waals surface area (Å²) in [5, 5.41) is 7.46. The molecule has 6 nitrogen and oxygen atoms in total. The summed E-state index contributed by atoms with van der Waals surface area (Å²) >= 11 is 0. The minimum atomic E-state index is 0.0122. The number of nitrogens with zero attached hydrogens (tertiary/aromatic N) is 1. The van der Waals surface area contributed by atoms with Crippen molar-refractivity contribution in [1.29, 1.82) is 0 Å². The molecule has 1 heterocycles. The van der Waals surface area contributed by atoms with Gasteiger partial charge in [-0.05, 0) is 132 Å². The van der Waals surface area contributed by atoms with Crippen LogP contribution >= 0.6 is 0 Å². The second kappa shape index (κ2) is 21.0. The molecule has 6 heteroatoms. The summed E-state index contributed by atoms with van der Waals surface area (Å²) in [6, 6.07) is 18.2. The summed E-state index contributed by atoms with van der Waals surface area (Å²) in [4.78, 5) is 2.58. The second-order valence-corrected chi connectivity index (χ2v) is 18.9. The Hall–Kier alpha value is -2.24. The van der Waals surface area contributed by atoms with Crippen LogP contribution in [0, 0.1) is 22.7 Å². The number of likely N-dealkylation sites (tertiary alicyclic amines) is 1. The molecule has 292 valence electrons. The van der Waals surface area contributed by atoms with Crippen LogP contribution in [0.5, 0.6) is 0 Å². The SMILES string of the molecule is CC(NC(C)(C)CCC(C)(C)COCCN1CCC(c2ccc(CNC(C)(C)C)cc2)CC1)c1ccc(C#CCOCCCOCC(C)(C)C)cc1. The first-order valence-corrected chi connectivity index (χ1v) is 20.1. The third-order valence-electron chi connectivity index (χ3n) is 9.87. The molecule has 52 heavy (non-hydrogen) atoms. The zero-order valence-corrected chi connectivity index (χ0v) is 35.1. The molecule has 0 radical (unpaired) electrons. The zero-order chi connectivity index (χ0) is 38.3. The lowest BCUT2D eigenvalue weighted by Gasteiger charge is -2.35. The highest BCUT2D eigenvalue weighted by Gasteiger charge is 2.27. The monoisotopic (exact) mass is 718 g/mol. The predicted octanol–water partition coefficient (Wildman–Crippen LogP) is 9.53. The van der Waals surface area contributed by atoms with Crippen molar-refractivity contribution in [3.05, 3.63) is 70.8 Å². The second-order valence-electron chi connectivity index (χ2n) is 18.9. The van der Waals surface area contributed by atoms with Gasteiger partial charge < -0.3 is 29.7 Å². The average Bonchev–Trinajstić information content (AvgIpc) is 3.07. The fraction of sp³-hybridized carbons (Fsp3) is 0.696. The molecular weight excluding hydrogens is 643 g/mol. The molecule has 1 aliphatic heterocycles. The molecule has 0 amide bonds. The van der Waals surface area contributed by atoms with Crippen molar-refractivity contribution in [3.63, 3.8) is 0 Å². The Balaban J connectivity index is 1.28. The molecule has 0 spiro atoms. The minimum absolute atomic E-state index is 0.0122. The van der Waals surface area contributed by atoms with Gasteiger partial charge in [-0.2, -0.15) is 0 Å². The van der Waals surface area contributed by atoms with E-state index in [0.29, 0.717) is 19.1 Å². The fourth-order valence-corrected chi connectivity index (χ4v) is 6.53. The lowest BCUT2D eigenvalue weighted by molar-refractivity contribution is 0.0360. The minimum Gasteiger partial charge on any atom is -0.381 e. The van der Waals surface area contributed by atoms with Crippen molar-refractivity contribution in [1.82, 2.24) is 15.5 Å². The third-order valence-corrected chi connectivity index (χ3v) is 9.87. The van der Waals surface area contributed by atoms with Gasteiger partial charge in [-0.1, -0.05) is 82.9 Å². The van der Waals surface area contributed by atoms with E-state index in [1.165, 1.54) is 29.5 Å². The summed E-state index contributed by atoms with van der Waals surface area (Å²) in [7, 11) is 0. The van der Waals surface area contributed by atoms with Gasteiger partial charge in [0.25, 0.3) is 0 Å². The number of nitrogens with one attached hydrogen (secondary N) is 2. The lowest BCUT2D eigenvalue weighted by atomic mass is 9.83. The van der Waals surface area contributed by atoms with E-state index in [1.807, 2.05) is 0 Å². The molecule has 0 saturated carbocycles. The Morgan fingerprint density at radius 3 is 2.04 bits per heavy atom. The van der Waals surface area contributed by atoms with Gasteiger partial charge in [-0.25, -0.2) is 0 Å². The summed E-state index contributed by atoms with van der Waals surface area (Å²) in [5.74, 6) is 7.04. The summed E-state index contributed by atoms with van der Waals surface area (Å²) < 4.78 is 17.6. The van der Waals surface area contributed by atoms with Crippen molar-refractivity contribution < 1.29 is 14.2 Å². The van der Waals surface area contributed by atoms with Gasteiger partial charge in [-0.3, -0.25) is 0 Å². The van der Waals surface area contributed by atoms with Crippen LogP contribution in [0.3, 0.4) is 0 Å². The van der Waals surface area contributed by atoms with Crippen molar-refractivity contribution in [2.45, 2.75) is 138 Å². The van der Waals surface area contributed by atoms with Crippen molar-refractivity contribution >= 4 is 0 Å². The smallest absolute Gasteiger partial charge is 0.108 e. The molecule has 1 fully saturated rings. The maximum atomic E-state index is 6.28. The molecule has 0 aliphatic carbocycles. The van der Waals surface area contributed by atoms with E-state index in [-0.39, 0.29) is 27.9 Å². The number of piperidine rings is 1. The Morgan fingerprint density at radius 2 is 1.40 bits per heavy atom. The van der Waals surface area contributed by atoms with Crippen LogP contribution in [0.2, 0.25) is 0 Å². The highest BCUT2D eigenvalue weighted by molar-refractivity contribution is 5.37. The quantitative estimate of drug-likeness (QED) is 0.105. The lowest BCUT2D eigenvalue weighted by Crippen LogP contribution is -2.42. The number of benzene rings is 2. The van der Waals surface area contributed by atoms with E-state index < -0.39 is 0 Å². The van der Waals surface area contributed by atoms with Crippen LogP contribution in [-0.2, 0) is 20.8 Å². The van der Waals surface area contributed by atoms with Crippen LogP contribution in [0.1, 0.15) is 142 Å². The van der Waals surface area contributed by atoms with E-state index in [2.05, 4.69) is 152 Å². The van der Waals surface area contributed by atoms with Gasteiger partial charge in [0.1, 0.15) is 6.61 Å². The Kier molecular flexibility index (Phi) is 17.8. The van der Waals surface area contributed by atoms with Crippen LogP contribution in [0.4, 0.5) is 0 Å². The van der Waals surface area contributed by atoms with E-state index >= 15 is 0 Å². The zero-order valence-electron chi connectivity index (χ0n) is 35.1. The first-order valence-electron chi connectivity index (χ1n) is 20.1. The standard InChI is InChI=1S/C46H75N3O3/c1-37(40-19-15-38(16-20-40)14-12-30-50-31-13-32-51-35-43(2,3)4)48-46(10,11)26-25-45(8,9)36-52-33-29-49-27-23-42(24-28-49)41-21-17-39(18-22-41)34-47-44(5,6)7/h15-22,37,42,47-48H,13,23-36H2,1-11H3. The van der Waals surface area contributed by atoms with E-state index in [0.717, 1.165) is 77.4 Å². The van der Waals surface area contributed by atoms with Crippen LogP contribution in [-0.4, -0.2) is 75.3 Å². The van der Waals surface area contributed by atoms with Gasteiger partial charge in [0.05, 0.1) is 26.4 Å². The molecule has 1 saturated heterocycles. The molecule has 1 atom stereocenters. The van der Waals surface area contributed by atoms with Gasteiger partial charge in [0.15, 0.2) is 0 Å². The fourth-order valence-electron chi connectivity index (χ4n) is 6.53. The van der Waals surface area contributed by atoms with Crippen LogP contribution in [0.15, 0.2) is 48.5 Å². The van der Waals surface area contributed by atoms with Crippen molar-refractivity contribution in [2.24, 2.45) is 10.8 Å². The summed E-state index contributed by atoms with van der Waals surface area (Å²) in [6.45, 7) is 33.3. The highest BCUT2D eigenvalue weighted by atomic mass is 16.5. The number of hydrogen-bond donors (Lipinski definition) is 2. The van der Waals surface area contributed by atoms with E-state index in [4.69, 9.17) is 14.2 Å². The maximum absolute atomic E-state index is 6.28. The van der Waals surface area contributed by atoms with Crippen molar-refractivity contribution in [3.8, 4) is 11.8 Å². The third kappa shape index (κ3) is 18.7. The van der Waals surface area contributed by atoms with Gasteiger partial charge in [-0.15, -0.1) is 0 Å². The predicted molar refractivity (Wildman–Crippen MR) is 220 cm³/mol. The largest absolute Gasteiger partial charge is 0.381 e. The van der Waals surface area contributed by atoms with Crippen LogP contribution < -0.4 is 10.6 Å². The molecule has 1 aliphatic rings. The highest BCUT2D eigenvalue weighted by Crippen LogP contribution is 2.30. The molecular formula is C46H75N3O3. The maximum Gasteiger partial charge on any atom is 0.108 e. The van der Waals surface area contributed by atoms with Gasteiger partial charge >= 0.3 is 0 Å². The molecule has 2 aromatic carbocycles.